The molecule has 21 heavy (non-hydrogen) atoms. The molecule has 2 aromatic rings. The number of aromatic nitrogens is 2. The van der Waals surface area contributed by atoms with E-state index in [4.69, 9.17) is 0 Å². The number of hydrogen-bond acceptors (Lipinski definition) is 3. The Morgan fingerprint density at radius 1 is 1.29 bits per heavy atom. The molecule has 0 aliphatic rings. The number of halogens is 1. The quantitative estimate of drug-likeness (QED) is 0.778. The van der Waals surface area contributed by atoms with Crippen LogP contribution < -0.4 is 0 Å². The summed E-state index contributed by atoms with van der Waals surface area (Å²) in [6.07, 6.45) is 1.69. The molecule has 1 aromatic carbocycles. The molecule has 0 bridgehead atoms. The van der Waals surface area contributed by atoms with Crippen LogP contribution in [0, 0.1) is 13.8 Å². The first kappa shape index (κ1) is 15.9. The summed E-state index contributed by atoms with van der Waals surface area (Å²) < 4.78 is 2.52. The van der Waals surface area contributed by atoms with Gasteiger partial charge in [-0.15, -0.1) is 0 Å². The smallest absolute Gasteiger partial charge is 0.212 e. The highest BCUT2D eigenvalue weighted by Crippen LogP contribution is 2.23. The summed E-state index contributed by atoms with van der Waals surface area (Å²) in [6.45, 7) is 5.45. The maximum Gasteiger partial charge on any atom is 0.212 e. The predicted molar refractivity (Wildman–Crippen MR) is 87.8 cm³/mol. The first-order valence-corrected chi connectivity index (χ1v) is 7.68. The van der Waals surface area contributed by atoms with Crippen molar-refractivity contribution in [1.29, 1.82) is 0 Å². The lowest BCUT2D eigenvalue weighted by molar-refractivity contribution is 0.102. The number of likely N-dealkylation sites (N-methyl/N-ethyl adjacent to an activating group) is 1. The molecule has 0 fully saturated rings. The van der Waals surface area contributed by atoms with Gasteiger partial charge in [-0.05, 0) is 55.0 Å². The minimum absolute atomic E-state index is 0.0220. The van der Waals surface area contributed by atoms with E-state index in [0.29, 0.717) is 12.2 Å². The molecular formula is C16H20BrN3O. The van der Waals surface area contributed by atoms with Gasteiger partial charge in [0, 0.05) is 12.1 Å². The molecule has 2 rings (SSSR count). The van der Waals surface area contributed by atoms with Gasteiger partial charge < -0.3 is 4.90 Å². The third-order valence-electron chi connectivity index (χ3n) is 3.48. The largest absolute Gasteiger partial charge is 0.308 e. The molecule has 0 atom stereocenters. The van der Waals surface area contributed by atoms with Crippen molar-refractivity contribution < 1.29 is 4.79 Å². The Morgan fingerprint density at radius 2 is 1.90 bits per heavy atom. The molecule has 1 heterocycles. The molecule has 0 aliphatic heterocycles. The van der Waals surface area contributed by atoms with Crippen molar-refractivity contribution in [1.82, 2.24) is 14.7 Å². The Morgan fingerprint density at radius 3 is 2.48 bits per heavy atom. The second-order valence-corrected chi connectivity index (χ2v) is 6.32. The number of carbonyl (C=O) groups is 1. The molecule has 0 N–H and O–H groups in total. The normalized spacial score (nSPS) is 11.1. The van der Waals surface area contributed by atoms with Crippen LogP contribution in [0.5, 0.6) is 0 Å². The first-order chi connectivity index (χ1) is 9.91. The number of nitrogens with zero attached hydrogens (tertiary/aromatic N) is 3. The van der Waals surface area contributed by atoms with Gasteiger partial charge in [-0.1, -0.05) is 18.2 Å². The Hall–Kier alpha value is -1.46. The average Bonchev–Trinajstić information content (AvgIpc) is 2.77. The lowest BCUT2D eigenvalue weighted by atomic mass is 9.97. The maximum absolute atomic E-state index is 12.9. The Bertz CT molecular complexity index is 641. The second-order valence-electron chi connectivity index (χ2n) is 5.46. The average molecular weight is 350 g/mol. The summed E-state index contributed by atoms with van der Waals surface area (Å²) >= 11 is 3.45. The number of hydrogen-bond donors (Lipinski definition) is 0. The molecule has 112 valence electrons. The first-order valence-electron chi connectivity index (χ1n) is 6.88. The third-order valence-corrected chi connectivity index (χ3v) is 4.06. The summed E-state index contributed by atoms with van der Waals surface area (Å²) in [5.74, 6) is 0.0220. The predicted octanol–water partition coefficient (Wildman–Crippen LogP) is 3.06. The van der Waals surface area contributed by atoms with Crippen molar-refractivity contribution in [2.24, 2.45) is 0 Å². The van der Waals surface area contributed by atoms with Crippen LogP contribution in [0.3, 0.4) is 0 Å². The van der Waals surface area contributed by atoms with E-state index in [-0.39, 0.29) is 5.78 Å². The molecule has 0 aliphatic carbocycles. The van der Waals surface area contributed by atoms with E-state index in [2.05, 4.69) is 25.9 Å². The number of rotatable bonds is 5. The minimum atomic E-state index is 0.0220. The van der Waals surface area contributed by atoms with Crippen LogP contribution in [0.25, 0.3) is 0 Å². The molecule has 0 radical (unpaired) electrons. The van der Waals surface area contributed by atoms with Crippen LogP contribution in [0.4, 0.5) is 0 Å². The summed E-state index contributed by atoms with van der Waals surface area (Å²) in [7, 11) is 4.01. The van der Waals surface area contributed by atoms with E-state index in [9.17, 15) is 4.79 Å². The van der Waals surface area contributed by atoms with Gasteiger partial charge in [-0.2, -0.15) is 5.10 Å². The van der Waals surface area contributed by atoms with Crippen molar-refractivity contribution in [3.05, 3.63) is 51.3 Å². The molecule has 4 nitrogen and oxygen atoms in total. The van der Waals surface area contributed by atoms with Crippen LogP contribution in [-0.4, -0.2) is 41.1 Å². The van der Waals surface area contributed by atoms with Gasteiger partial charge in [0.15, 0.2) is 0 Å². The Labute approximate surface area is 133 Å². The molecule has 0 unspecified atom stereocenters. The molecule has 0 amide bonds. The topological polar surface area (TPSA) is 38.1 Å². The molecule has 1 aromatic heterocycles. The minimum Gasteiger partial charge on any atom is -0.308 e. The van der Waals surface area contributed by atoms with E-state index in [1.54, 1.807) is 10.9 Å². The van der Waals surface area contributed by atoms with Gasteiger partial charge in [0.05, 0.1) is 17.2 Å². The van der Waals surface area contributed by atoms with Crippen molar-refractivity contribution in [2.75, 3.05) is 20.6 Å². The zero-order chi connectivity index (χ0) is 15.6. The van der Waals surface area contributed by atoms with E-state index in [1.165, 1.54) is 0 Å². The van der Waals surface area contributed by atoms with Crippen molar-refractivity contribution in [2.45, 2.75) is 20.4 Å². The monoisotopic (exact) mass is 349 g/mol. The van der Waals surface area contributed by atoms with Crippen LogP contribution in [-0.2, 0) is 6.54 Å². The van der Waals surface area contributed by atoms with Crippen LogP contribution >= 0.6 is 15.9 Å². The van der Waals surface area contributed by atoms with E-state index < -0.39 is 0 Å². The lowest BCUT2D eigenvalue weighted by Crippen LogP contribution is -2.22. The Kier molecular flexibility index (Phi) is 4.96. The summed E-state index contributed by atoms with van der Waals surface area (Å²) in [5, 5.41) is 4.32. The van der Waals surface area contributed by atoms with Crippen LogP contribution in [0.15, 0.2) is 28.9 Å². The Balaban J connectivity index is 2.42. The van der Waals surface area contributed by atoms with Gasteiger partial charge in [0.1, 0.15) is 5.69 Å². The van der Waals surface area contributed by atoms with E-state index >= 15 is 0 Å². The highest BCUT2D eigenvalue weighted by Gasteiger charge is 2.21. The fourth-order valence-electron chi connectivity index (χ4n) is 2.34. The molecular weight excluding hydrogens is 330 g/mol. The summed E-state index contributed by atoms with van der Waals surface area (Å²) in [6, 6.07) is 5.91. The molecule has 0 saturated heterocycles. The zero-order valence-electron chi connectivity index (χ0n) is 12.9. The standard InChI is InChI=1S/C16H20BrN3O/c1-11-6-5-7-12(2)14(11)16(21)15-13(17)10-18-20(15)9-8-19(3)4/h5-7,10H,8-9H2,1-4H3. The van der Waals surface area contributed by atoms with Crippen LogP contribution in [0.1, 0.15) is 27.2 Å². The molecule has 5 heteroatoms. The van der Waals surface area contributed by atoms with Gasteiger partial charge in [0.25, 0.3) is 0 Å². The highest BCUT2D eigenvalue weighted by atomic mass is 79.9. The fourth-order valence-corrected chi connectivity index (χ4v) is 2.82. The molecule has 0 saturated carbocycles. The van der Waals surface area contributed by atoms with Gasteiger partial charge in [0.2, 0.25) is 5.78 Å². The molecule has 0 spiro atoms. The van der Waals surface area contributed by atoms with Crippen molar-refractivity contribution in [3.63, 3.8) is 0 Å². The summed E-state index contributed by atoms with van der Waals surface area (Å²) in [4.78, 5) is 15.0. The van der Waals surface area contributed by atoms with Gasteiger partial charge >= 0.3 is 0 Å². The SMILES string of the molecule is Cc1cccc(C)c1C(=O)c1c(Br)cnn1CCN(C)C. The van der Waals surface area contributed by atoms with Gasteiger partial charge in [-0.3, -0.25) is 9.48 Å². The second kappa shape index (κ2) is 6.54. The van der Waals surface area contributed by atoms with Crippen molar-refractivity contribution >= 4 is 21.7 Å². The van der Waals surface area contributed by atoms with E-state index in [0.717, 1.165) is 27.7 Å². The fraction of sp³-hybridized carbons (Fsp3) is 0.375. The number of aryl methyl sites for hydroxylation is 2. The maximum atomic E-state index is 12.9. The van der Waals surface area contributed by atoms with E-state index in [1.807, 2.05) is 46.1 Å². The third kappa shape index (κ3) is 3.41. The highest BCUT2D eigenvalue weighted by molar-refractivity contribution is 9.10. The lowest BCUT2D eigenvalue weighted by Gasteiger charge is -2.13. The number of carbonyl (C=O) groups excluding carboxylic acids is 1. The summed E-state index contributed by atoms with van der Waals surface area (Å²) in [5.41, 5.74) is 3.37. The zero-order valence-corrected chi connectivity index (χ0v) is 14.4. The van der Waals surface area contributed by atoms with Gasteiger partial charge in [-0.25, -0.2) is 0 Å². The van der Waals surface area contributed by atoms with Crippen molar-refractivity contribution in [3.8, 4) is 0 Å². The van der Waals surface area contributed by atoms with Crippen LogP contribution in [0.2, 0.25) is 0 Å². The number of benzene rings is 1. The number of ketones is 1.